The van der Waals surface area contributed by atoms with Crippen molar-refractivity contribution in [2.45, 2.75) is 45.9 Å². The first-order valence-corrected chi connectivity index (χ1v) is 9.32. The predicted octanol–water partition coefficient (Wildman–Crippen LogP) is 2.37. The standard InChI is InChI=1S/C20H33N3O2/c1-15(2)19(23-13-16(3)25-17(4)14-23)20(24)21-11-12-22(5)18-9-7-6-8-10-18/h6-10,15-17,19H,11-14H2,1-5H3,(H,21,24). The van der Waals surface area contributed by atoms with Gasteiger partial charge in [-0.2, -0.15) is 0 Å². The van der Waals surface area contributed by atoms with E-state index in [0.717, 1.165) is 25.3 Å². The van der Waals surface area contributed by atoms with Gasteiger partial charge in [-0.15, -0.1) is 0 Å². The summed E-state index contributed by atoms with van der Waals surface area (Å²) in [7, 11) is 2.05. The second kappa shape index (κ2) is 9.20. The lowest BCUT2D eigenvalue weighted by atomic mass is 9.99. The van der Waals surface area contributed by atoms with E-state index in [4.69, 9.17) is 4.74 Å². The summed E-state index contributed by atoms with van der Waals surface area (Å²) in [4.78, 5) is 17.2. The highest BCUT2D eigenvalue weighted by atomic mass is 16.5. The second-order valence-electron chi connectivity index (χ2n) is 7.45. The van der Waals surface area contributed by atoms with Gasteiger partial charge in [0.2, 0.25) is 5.91 Å². The van der Waals surface area contributed by atoms with Crippen molar-refractivity contribution in [3.63, 3.8) is 0 Å². The number of amides is 1. The summed E-state index contributed by atoms with van der Waals surface area (Å²) in [5.41, 5.74) is 1.16. The monoisotopic (exact) mass is 347 g/mol. The lowest BCUT2D eigenvalue weighted by Crippen LogP contribution is -2.57. The third kappa shape index (κ3) is 5.72. The van der Waals surface area contributed by atoms with Gasteiger partial charge in [0, 0.05) is 38.9 Å². The normalized spacial score (nSPS) is 22.6. The number of hydrogen-bond donors (Lipinski definition) is 1. The molecule has 3 unspecified atom stereocenters. The van der Waals surface area contributed by atoms with Crippen LogP contribution in [0.5, 0.6) is 0 Å². The smallest absolute Gasteiger partial charge is 0.237 e. The summed E-state index contributed by atoms with van der Waals surface area (Å²) >= 11 is 0. The molecular formula is C20H33N3O2. The molecule has 0 aromatic heterocycles. The number of likely N-dealkylation sites (N-methyl/N-ethyl adjacent to an activating group) is 1. The summed E-state index contributed by atoms with van der Waals surface area (Å²) in [6, 6.07) is 10.1. The molecule has 1 N–H and O–H groups in total. The molecule has 25 heavy (non-hydrogen) atoms. The highest BCUT2D eigenvalue weighted by Gasteiger charge is 2.33. The van der Waals surface area contributed by atoms with E-state index in [1.54, 1.807) is 0 Å². The van der Waals surface area contributed by atoms with Gasteiger partial charge in [-0.05, 0) is 31.9 Å². The SMILES string of the molecule is CC1CN(C(C(=O)NCCN(C)c2ccccc2)C(C)C)CC(C)O1. The van der Waals surface area contributed by atoms with Crippen LogP contribution in [0.15, 0.2) is 30.3 Å². The van der Waals surface area contributed by atoms with Crippen LogP contribution in [0, 0.1) is 5.92 Å². The van der Waals surface area contributed by atoms with E-state index in [9.17, 15) is 4.79 Å². The number of nitrogens with zero attached hydrogens (tertiary/aromatic N) is 2. The van der Waals surface area contributed by atoms with Crippen LogP contribution in [0.2, 0.25) is 0 Å². The van der Waals surface area contributed by atoms with Gasteiger partial charge < -0.3 is 15.0 Å². The van der Waals surface area contributed by atoms with Crippen molar-refractivity contribution in [1.29, 1.82) is 0 Å². The Kier molecular flexibility index (Phi) is 7.26. The van der Waals surface area contributed by atoms with Gasteiger partial charge in [0.1, 0.15) is 0 Å². The summed E-state index contributed by atoms with van der Waals surface area (Å²) in [6.45, 7) is 11.4. The maximum Gasteiger partial charge on any atom is 0.237 e. The molecule has 1 aliphatic rings. The Morgan fingerprint density at radius 1 is 1.24 bits per heavy atom. The van der Waals surface area contributed by atoms with E-state index in [-0.39, 0.29) is 30.1 Å². The molecule has 0 aliphatic carbocycles. The first-order chi connectivity index (χ1) is 11.9. The van der Waals surface area contributed by atoms with Gasteiger partial charge in [0.15, 0.2) is 0 Å². The lowest BCUT2D eigenvalue weighted by Gasteiger charge is -2.41. The topological polar surface area (TPSA) is 44.8 Å². The molecule has 1 amide bonds. The molecule has 1 aliphatic heterocycles. The van der Waals surface area contributed by atoms with E-state index < -0.39 is 0 Å². The third-order valence-corrected chi connectivity index (χ3v) is 4.68. The number of carbonyl (C=O) groups is 1. The van der Waals surface area contributed by atoms with E-state index in [1.807, 2.05) is 25.2 Å². The molecule has 1 heterocycles. The molecule has 0 bridgehead atoms. The van der Waals surface area contributed by atoms with Crippen LogP contribution in [-0.2, 0) is 9.53 Å². The fourth-order valence-corrected chi connectivity index (χ4v) is 3.60. The van der Waals surface area contributed by atoms with Crippen LogP contribution in [0.4, 0.5) is 5.69 Å². The number of morpholine rings is 1. The van der Waals surface area contributed by atoms with E-state index in [0.29, 0.717) is 6.54 Å². The number of carbonyl (C=O) groups excluding carboxylic acids is 1. The zero-order valence-electron chi connectivity index (χ0n) is 16.2. The number of benzene rings is 1. The Hall–Kier alpha value is -1.59. The van der Waals surface area contributed by atoms with Crippen molar-refractivity contribution in [3.8, 4) is 0 Å². The van der Waals surface area contributed by atoms with Crippen molar-refractivity contribution in [3.05, 3.63) is 30.3 Å². The quantitative estimate of drug-likeness (QED) is 0.822. The molecule has 1 fully saturated rings. The number of anilines is 1. The Labute approximate surface area is 152 Å². The molecule has 0 spiro atoms. The molecule has 140 valence electrons. The van der Waals surface area contributed by atoms with Gasteiger partial charge in [-0.25, -0.2) is 0 Å². The molecule has 5 heteroatoms. The van der Waals surface area contributed by atoms with Crippen LogP contribution in [0.3, 0.4) is 0 Å². The molecule has 5 nitrogen and oxygen atoms in total. The van der Waals surface area contributed by atoms with E-state index in [1.165, 1.54) is 0 Å². The maximum atomic E-state index is 12.8. The zero-order valence-corrected chi connectivity index (χ0v) is 16.2. The summed E-state index contributed by atoms with van der Waals surface area (Å²) < 4.78 is 5.81. The van der Waals surface area contributed by atoms with Gasteiger partial charge in [0.25, 0.3) is 0 Å². The van der Waals surface area contributed by atoms with Gasteiger partial charge in [-0.1, -0.05) is 32.0 Å². The Morgan fingerprint density at radius 3 is 2.40 bits per heavy atom. The molecule has 1 aromatic carbocycles. The van der Waals surface area contributed by atoms with Crippen LogP contribution in [0.25, 0.3) is 0 Å². The number of para-hydroxylation sites is 1. The average molecular weight is 348 g/mol. The minimum atomic E-state index is -0.101. The minimum Gasteiger partial charge on any atom is -0.373 e. The molecular weight excluding hydrogens is 314 g/mol. The first kappa shape index (κ1) is 19.7. The first-order valence-electron chi connectivity index (χ1n) is 9.32. The van der Waals surface area contributed by atoms with Crippen LogP contribution in [0.1, 0.15) is 27.7 Å². The van der Waals surface area contributed by atoms with Crippen molar-refractivity contribution in [2.24, 2.45) is 5.92 Å². The Balaban J connectivity index is 1.88. The largest absolute Gasteiger partial charge is 0.373 e. The van der Waals surface area contributed by atoms with Crippen molar-refractivity contribution in [1.82, 2.24) is 10.2 Å². The van der Waals surface area contributed by atoms with Crippen molar-refractivity contribution < 1.29 is 9.53 Å². The van der Waals surface area contributed by atoms with E-state index in [2.05, 4.69) is 54.9 Å². The molecule has 3 atom stereocenters. The van der Waals surface area contributed by atoms with E-state index >= 15 is 0 Å². The van der Waals surface area contributed by atoms with Gasteiger partial charge >= 0.3 is 0 Å². The second-order valence-corrected chi connectivity index (χ2v) is 7.45. The summed E-state index contributed by atoms with van der Waals surface area (Å²) in [5, 5.41) is 3.13. The van der Waals surface area contributed by atoms with Gasteiger partial charge in [-0.3, -0.25) is 9.69 Å². The lowest BCUT2D eigenvalue weighted by molar-refractivity contribution is -0.135. The predicted molar refractivity (Wildman–Crippen MR) is 103 cm³/mol. The van der Waals surface area contributed by atoms with Crippen LogP contribution >= 0.6 is 0 Å². The maximum absolute atomic E-state index is 12.8. The Morgan fingerprint density at radius 2 is 1.84 bits per heavy atom. The Bertz CT molecular complexity index is 525. The number of hydrogen-bond acceptors (Lipinski definition) is 4. The fourth-order valence-electron chi connectivity index (χ4n) is 3.60. The zero-order chi connectivity index (χ0) is 18.4. The van der Waals surface area contributed by atoms with Crippen molar-refractivity contribution in [2.75, 3.05) is 38.1 Å². The van der Waals surface area contributed by atoms with Gasteiger partial charge in [0.05, 0.1) is 18.2 Å². The molecule has 0 saturated carbocycles. The summed E-state index contributed by atoms with van der Waals surface area (Å²) in [5.74, 6) is 0.391. The highest BCUT2D eigenvalue weighted by molar-refractivity contribution is 5.82. The highest BCUT2D eigenvalue weighted by Crippen LogP contribution is 2.18. The van der Waals surface area contributed by atoms with Crippen molar-refractivity contribution >= 4 is 11.6 Å². The average Bonchev–Trinajstić information content (AvgIpc) is 2.54. The molecule has 0 radical (unpaired) electrons. The fraction of sp³-hybridized carbons (Fsp3) is 0.650. The van der Waals surface area contributed by atoms with Crippen LogP contribution < -0.4 is 10.2 Å². The third-order valence-electron chi connectivity index (χ3n) is 4.68. The molecule has 1 aromatic rings. The number of nitrogens with one attached hydrogen (secondary N) is 1. The number of ether oxygens (including phenoxy) is 1. The molecule has 1 saturated heterocycles. The minimum absolute atomic E-state index is 0.101. The molecule has 2 rings (SSSR count). The number of rotatable bonds is 7. The summed E-state index contributed by atoms with van der Waals surface area (Å²) in [6.07, 6.45) is 0.337. The van der Waals surface area contributed by atoms with Crippen LogP contribution in [-0.4, -0.2) is 62.3 Å².